The Morgan fingerprint density at radius 3 is 2.74 bits per heavy atom. The minimum absolute atomic E-state index is 0.0470. The third-order valence-electron chi connectivity index (χ3n) is 6.06. The summed E-state index contributed by atoms with van der Waals surface area (Å²) in [5, 5.41) is 12.6. The molecule has 2 aromatic rings. The van der Waals surface area contributed by atoms with Crippen LogP contribution >= 0.6 is 11.3 Å². The van der Waals surface area contributed by atoms with Gasteiger partial charge < -0.3 is 19.5 Å². The van der Waals surface area contributed by atoms with Gasteiger partial charge in [0.05, 0.1) is 24.8 Å². The SMILES string of the molecule is COCCN(CC(=O)N1CCc2sccc2C1COc1ccccc1)C(C)C(C)(C)O. The van der Waals surface area contributed by atoms with Gasteiger partial charge in [-0.3, -0.25) is 9.69 Å². The molecular weight excluding hydrogens is 412 g/mol. The van der Waals surface area contributed by atoms with Crippen LogP contribution in [0.2, 0.25) is 0 Å². The molecule has 0 radical (unpaired) electrons. The van der Waals surface area contributed by atoms with Gasteiger partial charge in [0.1, 0.15) is 12.4 Å². The Hall–Kier alpha value is -1.93. The highest BCUT2D eigenvalue weighted by molar-refractivity contribution is 7.10. The molecule has 6 nitrogen and oxygen atoms in total. The number of benzene rings is 1. The first-order chi connectivity index (χ1) is 14.8. The van der Waals surface area contributed by atoms with Gasteiger partial charge in [-0.05, 0) is 56.3 Å². The molecule has 2 atom stereocenters. The predicted molar refractivity (Wildman–Crippen MR) is 124 cm³/mol. The fourth-order valence-electron chi connectivity index (χ4n) is 3.90. The molecule has 3 rings (SSSR count). The second-order valence-electron chi connectivity index (χ2n) is 8.57. The van der Waals surface area contributed by atoms with Crippen molar-refractivity contribution >= 4 is 17.2 Å². The van der Waals surface area contributed by atoms with Gasteiger partial charge in [-0.2, -0.15) is 0 Å². The molecule has 31 heavy (non-hydrogen) atoms. The molecule has 2 unspecified atom stereocenters. The molecule has 7 heteroatoms. The second kappa shape index (κ2) is 10.6. The van der Waals surface area contributed by atoms with Gasteiger partial charge in [0.15, 0.2) is 0 Å². The largest absolute Gasteiger partial charge is 0.491 e. The van der Waals surface area contributed by atoms with Crippen molar-refractivity contribution in [3.63, 3.8) is 0 Å². The van der Waals surface area contributed by atoms with Gasteiger partial charge >= 0.3 is 0 Å². The standard InChI is InChI=1S/C24H34N2O4S/c1-18(24(2,3)28)25(13-14-29-4)16-23(27)26-12-10-22-20(11-15-31-22)21(26)17-30-19-8-6-5-7-9-19/h5-9,11,15,18,21,28H,10,12-14,16-17H2,1-4H3. The molecule has 170 valence electrons. The van der Waals surface area contributed by atoms with Gasteiger partial charge in [0, 0.05) is 31.1 Å². The number of rotatable bonds is 10. The van der Waals surface area contributed by atoms with E-state index >= 15 is 0 Å². The zero-order valence-electron chi connectivity index (χ0n) is 18.9. The number of ether oxygens (including phenoxy) is 2. The summed E-state index contributed by atoms with van der Waals surface area (Å²) in [5.41, 5.74) is 0.256. The summed E-state index contributed by atoms with van der Waals surface area (Å²) in [6.07, 6.45) is 0.861. The summed E-state index contributed by atoms with van der Waals surface area (Å²) in [7, 11) is 1.65. The Morgan fingerprint density at radius 2 is 2.06 bits per heavy atom. The number of fused-ring (bicyclic) bond motifs is 1. The van der Waals surface area contributed by atoms with Crippen LogP contribution in [-0.4, -0.2) is 72.4 Å². The van der Waals surface area contributed by atoms with Crippen molar-refractivity contribution in [1.29, 1.82) is 0 Å². The molecule has 1 amide bonds. The van der Waals surface area contributed by atoms with Crippen molar-refractivity contribution in [3.05, 3.63) is 52.2 Å². The summed E-state index contributed by atoms with van der Waals surface area (Å²) < 4.78 is 11.3. The molecular formula is C24H34N2O4S. The number of hydrogen-bond acceptors (Lipinski definition) is 6. The predicted octanol–water partition coefficient (Wildman–Crippen LogP) is 3.36. The molecule has 0 spiro atoms. The number of hydrogen-bond donors (Lipinski definition) is 1. The van der Waals surface area contributed by atoms with Gasteiger partial charge in [0.2, 0.25) is 5.91 Å². The monoisotopic (exact) mass is 446 g/mol. The molecule has 0 aliphatic carbocycles. The van der Waals surface area contributed by atoms with Gasteiger partial charge in [0.25, 0.3) is 0 Å². The molecule has 1 aliphatic rings. The number of nitrogens with zero attached hydrogens (tertiary/aromatic N) is 2. The fraction of sp³-hybridized carbons (Fsp3) is 0.542. The summed E-state index contributed by atoms with van der Waals surface area (Å²) >= 11 is 1.74. The minimum Gasteiger partial charge on any atom is -0.491 e. The lowest BCUT2D eigenvalue weighted by Gasteiger charge is -2.40. The van der Waals surface area contributed by atoms with Crippen LogP contribution < -0.4 is 4.74 Å². The molecule has 1 aromatic heterocycles. The van der Waals surface area contributed by atoms with Crippen LogP contribution in [0.1, 0.15) is 37.3 Å². The maximum atomic E-state index is 13.5. The third kappa shape index (κ3) is 6.07. The Balaban J connectivity index is 1.76. The maximum Gasteiger partial charge on any atom is 0.237 e. The average Bonchev–Trinajstić information content (AvgIpc) is 3.23. The van der Waals surface area contributed by atoms with Gasteiger partial charge in [-0.15, -0.1) is 11.3 Å². The van der Waals surface area contributed by atoms with Crippen molar-refractivity contribution < 1.29 is 19.4 Å². The summed E-state index contributed by atoms with van der Waals surface area (Å²) in [5.74, 6) is 0.848. The molecule has 1 aromatic carbocycles. The van der Waals surface area contributed by atoms with E-state index in [1.54, 1.807) is 32.3 Å². The van der Waals surface area contributed by atoms with Crippen LogP contribution in [0.4, 0.5) is 0 Å². The Morgan fingerprint density at radius 1 is 1.32 bits per heavy atom. The number of aliphatic hydroxyl groups is 1. The topological polar surface area (TPSA) is 62.2 Å². The molecule has 2 heterocycles. The zero-order valence-corrected chi connectivity index (χ0v) is 19.7. The van der Waals surface area contributed by atoms with Crippen LogP contribution in [0.5, 0.6) is 5.75 Å². The normalized spacial score (nSPS) is 17.5. The van der Waals surface area contributed by atoms with Crippen LogP contribution in [0.25, 0.3) is 0 Å². The molecule has 1 N–H and O–H groups in total. The van der Waals surface area contributed by atoms with Gasteiger partial charge in [-0.1, -0.05) is 18.2 Å². The smallest absolute Gasteiger partial charge is 0.237 e. The van der Waals surface area contributed by atoms with E-state index in [-0.39, 0.29) is 24.5 Å². The van der Waals surface area contributed by atoms with E-state index in [1.807, 2.05) is 47.1 Å². The van der Waals surface area contributed by atoms with Crippen molar-refractivity contribution in [2.24, 2.45) is 0 Å². The lowest BCUT2D eigenvalue weighted by atomic mass is 9.98. The first-order valence-corrected chi connectivity index (χ1v) is 11.7. The molecule has 1 aliphatic heterocycles. The second-order valence-corrected chi connectivity index (χ2v) is 9.57. The number of carbonyl (C=O) groups excluding carboxylic acids is 1. The number of thiophene rings is 1. The quantitative estimate of drug-likeness (QED) is 0.606. The Kier molecular flexibility index (Phi) is 8.11. The summed E-state index contributed by atoms with van der Waals surface area (Å²) in [4.78, 5) is 18.7. The van der Waals surface area contributed by atoms with Crippen molar-refractivity contribution in [2.75, 3.05) is 40.0 Å². The van der Waals surface area contributed by atoms with E-state index in [2.05, 4.69) is 11.4 Å². The van der Waals surface area contributed by atoms with Gasteiger partial charge in [-0.25, -0.2) is 0 Å². The summed E-state index contributed by atoms with van der Waals surface area (Å²) in [6, 6.07) is 11.5. The van der Waals surface area contributed by atoms with Crippen LogP contribution in [0.15, 0.2) is 41.8 Å². The number of para-hydroxylation sites is 1. The van der Waals surface area contributed by atoms with Crippen LogP contribution in [0.3, 0.4) is 0 Å². The highest BCUT2D eigenvalue weighted by Crippen LogP contribution is 2.34. The number of carbonyl (C=O) groups is 1. The maximum absolute atomic E-state index is 13.5. The van der Waals surface area contributed by atoms with E-state index < -0.39 is 5.60 Å². The molecule has 0 saturated carbocycles. The third-order valence-corrected chi connectivity index (χ3v) is 7.05. The fourth-order valence-corrected chi connectivity index (χ4v) is 4.82. The summed E-state index contributed by atoms with van der Waals surface area (Å²) in [6.45, 7) is 7.90. The Labute approximate surface area is 189 Å². The van der Waals surface area contributed by atoms with Crippen molar-refractivity contribution in [2.45, 2.75) is 44.9 Å². The van der Waals surface area contributed by atoms with E-state index in [9.17, 15) is 9.90 Å². The average molecular weight is 447 g/mol. The minimum atomic E-state index is -0.924. The first kappa shape index (κ1) is 23.7. The van der Waals surface area contributed by atoms with E-state index in [0.717, 1.165) is 12.2 Å². The Bertz CT molecular complexity index is 834. The number of amides is 1. The zero-order chi connectivity index (χ0) is 22.4. The molecule has 0 bridgehead atoms. The van der Waals surface area contributed by atoms with E-state index in [4.69, 9.17) is 9.47 Å². The van der Waals surface area contributed by atoms with Crippen LogP contribution in [0, 0.1) is 0 Å². The molecule has 0 saturated heterocycles. The number of methoxy groups -OCH3 is 1. The highest BCUT2D eigenvalue weighted by Gasteiger charge is 2.35. The lowest BCUT2D eigenvalue weighted by molar-refractivity contribution is -0.138. The van der Waals surface area contributed by atoms with E-state index in [0.29, 0.717) is 26.3 Å². The van der Waals surface area contributed by atoms with Crippen LogP contribution in [-0.2, 0) is 16.0 Å². The lowest BCUT2D eigenvalue weighted by Crippen LogP contribution is -2.53. The van der Waals surface area contributed by atoms with Crippen molar-refractivity contribution in [1.82, 2.24) is 9.80 Å². The van der Waals surface area contributed by atoms with E-state index in [1.165, 1.54) is 10.4 Å². The molecule has 0 fully saturated rings. The van der Waals surface area contributed by atoms with Crippen molar-refractivity contribution in [3.8, 4) is 5.75 Å². The highest BCUT2D eigenvalue weighted by atomic mass is 32.1. The first-order valence-electron chi connectivity index (χ1n) is 10.8.